The van der Waals surface area contributed by atoms with Crippen LogP contribution in [0.3, 0.4) is 0 Å². The highest BCUT2D eigenvalue weighted by atomic mass is 14.7. The molecule has 2 heteroatoms. The predicted octanol–water partition coefficient (Wildman–Crippen LogP) is 2.30. The number of anilines is 1. The second kappa shape index (κ2) is 3.79. The van der Waals surface area contributed by atoms with E-state index in [1.54, 1.807) is 0 Å². The molecule has 0 aliphatic heterocycles. The summed E-state index contributed by atoms with van der Waals surface area (Å²) in [5, 5.41) is 0. The Hall–Kier alpha value is -1.02. The van der Waals surface area contributed by atoms with Gasteiger partial charge < -0.3 is 11.5 Å². The first-order chi connectivity index (χ1) is 6.06. The van der Waals surface area contributed by atoms with Crippen molar-refractivity contribution in [3.8, 4) is 0 Å². The van der Waals surface area contributed by atoms with E-state index in [-0.39, 0.29) is 6.04 Å². The molecule has 72 valence electrons. The van der Waals surface area contributed by atoms with E-state index in [9.17, 15) is 0 Å². The maximum absolute atomic E-state index is 5.93. The van der Waals surface area contributed by atoms with E-state index in [2.05, 4.69) is 26.8 Å². The van der Waals surface area contributed by atoms with Gasteiger partial charge in [0.2, 0.25) is 0 Å². The zero-order valence-corrected chi connectivity index (χ0v) is 8.59. The Morgan fingerprint density at radius 2 is 1.77 bits per heavy atom. The Kier molecular flexibility index (Phi) is 2.94. The van der Waals surface area contributed by atoms with Crippen LogP contribution in [0, 0.1) is 13.8 Å². The van der Waals surface area contributed by atoms with Crippen molar-refractivity contribution in [2.75, 3.05) is 5.73 Å². The lowest BCUT2D eigenvalue weighted by Crippen LogP contribution is -2.11. The average Bonchev–Trinajstić information content (AvgIpc) is 2.10. The number of nitrogen functional groups attached to an aromatic ring is 1. The van der Waals surface area contributed by atoms with E-state index in [4.69, 9.17) is 11.5 Å². The quantitative estimate of drug-likeness (QED) is 0.683. The van der Waals surface area contributed by atoms with Crippen LogP contribution in [-0.4, -0.2) is 0 Å². The summed E-state index contributed by atoms with van der Waals surface area (Å²) in [6.45, 7) is 6.22. The molecular weight excluding hydrogens is 160 g/mol. The standard InChI is InChI=1S/C11H18N2/c1-4-10(12)9-5-7(2)8(3)6-11(9)13/h5-6,10H,4,12-13H2,1-3H3. The molecule has 0 aliphatic carbocycles. The molecule has 2 nitrogen and oxygen atoms in total. The van der Waals surface area contributed by atoms with Gasteiger partial charge in [0.15, 0.2) is 0 Å². The molecule has 0 saturated heterocycles. The van der Waals surface area contributed by atoms with Gasteiger partial charge in [-0.2, -0.15) is 0 Å². The van der Waals surface area contributed by atoms with Crippen LogP contribution in [0.1, 0.15) is 36.1 Å². The van der Waals surface area contributed by atoms with Crippen molar-refractivity contribution < 1.29 is 0 Å². The second-order valence-corrected chi connectivity index (χ2v) is 3.58. The summed E-state index contributed by atoms with van der Waals surface area (Å²) in [6.07, 6.45) is 0.923. The van der Waals surface area contributed by atoms with Crippen molar-refractivity contribution in [1.29, 1.82) is 0 Å². The monoisotopic (exact) mass is 178 g/mol. The molecule has 0 saturated carbocycles. The van der Waals surface area contributed by atoms with Crippen molar-refractivity contribution >= 4 is 5.69 Å². The maximum Gasteiger partial charge on any atom is 0.0365 e. The highest BCUT2D eigenvalue weighted by Crippen LogP contribution is 2.24. The fourth-order valence-electron chi connectivity index (χ4n) is 1.40. The summed E-state index contributed by atoms with van der Waals surface area (Å²) in [7, 11) is 0. The van der Waals surface area contributed by atoms with Gasteiger partial charge in [-0.05, 0) is 43.0 Å². The Bertz CT molecular complexity index is 305. The third kappa shape index (κ3) is 2.01. The number of nitrogens with two attached hydrogens (primary N) is 2. The number of aryl methyl sites for hydroxylation is 2. The van der Waals surface area contributed by atoms with Gasteiger partial charge in [0, 0.05) is 11.7 Å². The molecule has 0 aromatic heterocycles. The summed E-state index contributed by atoms with van der Waals surface area (Å²) in [5.74, 6) is 0. The van der Waals surface area contributed by atoms with Crippen LogP contribution >= 0.6 is 0 Å². The summed E-state index contributed by atoms with van der Waals surface area (Å²) in [5.41, 5.74) is 16.2. The first-order valence-corrected chi connectivity index (χ1v) is 4.68. The molecule has 13 heavy (non-hydrogen) atoms. The van der Waals surface area contributed by atoms with Crippen LogP contribution in [0.25, 0.3) is 0 Å². The maximum atomic E-state index is 5.93. The molecule has 0 amide bonds. The molecule has 0 radical (unpaired) electrons. The third-order valence-electron chi connectivity index (χ3n) is 2.54. The Morgan fingerprint density at radius 3 is 2.31 bits per heavy atom. The number of rotatable bonds is 2. The minimum atomic E-state index is 0.0688. The van der Waals surface area contributed by atoms with Crippen LogP contribution in [0.5, 0.6) is 0 Å². The van der Waals surface area contributed by atoms with Crippen LogP contribution in [-0.2, 0) is 0 Å². The van der Waals surface area contributed by atoms with Crippen LogP contribution in [0.4, 0.5) is 5.69 Å². The molecule has 0 aliphatic rings. The summed E-state index contributed by atoms with van der Waals surface area (Å²) in [4.78, 5) is 0. The zero-order valence-electron chi connectivity index (χ0n) is 8.59. The third-order valence-corrected chi connectivity index (χ3v) is 2.54. The van der Waals surface area contributed by atoms with Crippen molar-refractivity contribution in [3.05, 3.63) is 28.8 Å². The molecule has 1 aromatic carbocycles. The number of benzene rings is 1. The minimum Gasteiger partial charge on any atom is -0.398 e. The Balaban J connectivity index is 3.15. The van der Waals surface area contributed by atoms with Gasteiger partial charge >= 0.3 is 0 Å². The lowest BCUT2D eigenvalue weighted by molar-refractivity contribution is 0.700. The normalized spacial score (nSPS) is 12.9. The molecule has 0 heterocycles. The molecule has 0 spiro atoms. The zero-order chi connectivity index (χ0) is 10.0. The van der Waals surface area contributed by atoms with Crippen LogP contribution in [0.2, 0.25) is 0 Å². The molecular formula is C11H18N2. The smallest absolute Gasteiger partial charge is 0.0365 e. The van der Waals surface area contributed by atoms with E-state index in [0.29, 0.717) is 0 Å². The van der Waals surface area contributed by atoms with Gasteiger partial charge in [-0.3, -0.25) is 0 Å². The van der Waals surface area contributed by atoms with E-state index in [1.165, 1.54) is 11.1 Å². The van der Waals surface area contributed by atoms with Gasteiger partial charge in [-0.25, -0.2) is 0 Å². The fraction of sp³-hybridized carbons (Fsp3) is 0.455. The van der Waals surface area contributed by atoms with Crippen molar-refractivity contribution in [3.63, 3.8) is 0 Å². The van der Waals surface area contributed by atoms with Crippen molar-refractivity contribution in [2.45, 2.75) is 33.2 Å². The summed E-state index contributed by atoms with van der Waals surface area (Å²) < 4.78 is 0. The molecule has 1 atom stereocenters. The van der Waals surface area contributed by atoms with Crippen LogP contribution < -0.4 is 11.5 Å². The SMILES string of the molecule is CCC(N)c1cc(C)c(C)cc1N. The molecule has 0 fully saturated rings. The molecule has 4 N–H and O–H groups in total. The lowest BCUT2D eigenvalue weighted by Gasteiger charge is -2.14. The molecule has 1 unspecified atom stereocenters. The largest absolute Gasteiger partial charge is 0.398 e. The van der Waals surface area contributed by atoms with Gasteiger partial charge in [0.1, 0.15) is 0 Å². The van der Waals surface area contributed by atoms with Crippen molar-refractivity contribution in [1.82, 2.24) is 0 Å². The summed E-state index contributed by atoms with van der Waals surface area (Å²) >= 11 is 0. The van der Waals surface area contributed by atoms with E-state index >= 15 is 0 Å². The van der Waals surface area contributed by atoms with E-state index in [0.717, 1.165) is 17.7 Å². The highest BCUT2D eigenvalue weighted by molar-refractivity contribution is 5.53. The predicted molar refractivity (Wildman–Crippen MR) is 57.5 cm³/mol. The number of hydrogen-bond acceptors (Lipinski definition) is 2. The van der Waals surface area contributed by atoms with E-state index in [1.807, 2.05) is 6.07 Å². The first kappa shape index (κ1) is 10.1. The summed E-state index contributed by atoms with van der Waals surface area (Å²) in [6, 6.07) is 4.17. The highest BCUT2D eigenvalue weighted by Gasteiger charge is 2.08. The second-order valence-electron chi connectivity index (χ2n) is 3.58. The number of hydrogen-bond donors (Lipinski definition) is 2. The molecule has 1 aromatic rings. The minimum absolute atomic E-state index is 0.0688. The van der Waals surface area contributed by atoms with E-state index < -0.39 is 0 Å². The van der Waals surface area contributed by atoms with Gasteiger partial charge in [0.25, 0.3) is 0 Å². The van der Waals surface area contributed by atoms with Gasteiger partial charge in [-0.1, -0.05) is 13.0 Å². The first-order valence-electron chi connectivity index (χ1n) is 4.68. The molecule has 0 bridgehead atoms. The van der Waals surface area contributed by atoms with Gasteiger partial charge in [0.05, 0.1) is 0 Å². The van der Waals surface area contributed by atoms with Crippen LogP contribution in [0.15, 0.2) is 12.1 Å². The van der Waals surface area contributed by atoms with Gasteiger partial charge in [-0.15, -0.1) is 0 Å². The Labute approximate surface area is 79.9 Å². The lowest BCUT2D eigenvalue weighted by atomic mass is 9.98. The fourth-order valence-corrected chi connectivity index (χ4v) is 1.40. The Morgan fingerprint density at radius 1 is 1.23 bits per heavy atom. The average molecular weight is 178 g/mol. The topological polar surface area (TPSA) is 52.0 Å². The molecule has 1 rings (SSSR count). The van der Waals surface area contributed by atoms with Crippen molar-refractivity contribution in [2.24, 2.45) is 5.73 Å².